The molecule has 12 heteroatoms. The molecule has 158 valence electrons. The molecule has 0 fully saturated rings. The first-order valence-electron chi connectivity index (χ1n) is 8.32. The summed E-state index contributed by atoms with van der Waals surface area (Å²) in [6, 6.07) is 4.88. The molecule has 0 spiro atoms. The third kappa shape index (κ3) is 4.00. The number of halogens is 3. The van der Waals surface area contributed by atoms with E-state index in [1.165, 1.54) is 24.3 Å². The van der Waals surface area contributed by atoms with Crippen molar-refractivity contribution in [2.75, 3.05) is 0 Å². The van der Waals surface area contributed by atoms with Crippen LogP contribution in [-0.2, 0) is 21.8 Å². The van der Waals surface area contributed by atoms with Crippen LogP contribution >= 0.6 is 11.3 Å². The minimum atomic E-state index is -4.62. The Labute approximate surface area is 172 Å². The summed E-state index contributed by atoms with van der Waals surface area (Å²) in [6.45, 7) is 1.20. The molecule has 0 amide bonds. The molecule has 30 heavy (non-hydrogen) atoms. The number of rotatable bonds is 3. The number of nitrogens with zero attached hydrogens (tertiary/aromatic N) is 2. The van der Waals surface area contributed by atoms with Crippen LogP contribution in [0.15, 0.2) is 52.2 Å². The fraction of sp³-hybridized carbons (Fsp3) is 0.167. The second kappa shape index (κ2) is 7.69. The summed E-state index contributed by atoms with van der Waals surface area (Å²) < 4.78 is 65.8. The van der Waals surface area contributed by atoms with Crippen LogP contribution in [0.25, 0.3) is 5.69 Å². The van der Waals surface area contributed by atoms with Gasteiger partial charge in [-0.15, -0.1) is 0 Å². The van der Waals surface area contributed by atoms with Gasteiger partial charge in [-0.3, -0.25) is 24.7 Å². The molecule has 1 aromatic carbocycles. The second-order valence-electron chi connectivity index (χ2n) is 6.34. The van der Waals surface area contributed by atoms with E-state index in [4.69, 9.17) is 10.8 Å². The normalized spacial score (nSPS) is 12.1. The lowest BCUT2D eigenvalue weighted by Gasteiger charge is -2.16. The molecule has 0 aliphatic carbocycles. The van der Waals surface area contributed by atoms with Crippen molar-refractivity contribution in [2.45, 2.75) is 18.9 Å². The van der Waals surface area contributed by atoms with Crippen LogP contribution in [0.3, 0.4) is 0 Å². The van der Waals surface area contributed by atoms with Gasteiger partial charge in [-0.1, -0.05) is 6.07 Å². The average molecular weight is 456 g/mol. The number of benzene rings is 1. The number of hydrogen-bond donors (Lipinski definition) is 2. The molecule has 0 aliphatic heterocycles. The Kier molecular flexibility index (Phi) is 5.56. The minimum Gasteiger partial charge on any atom is -0.279 e. The fourth-order valence-corrected chi connectivity index (χ4v) is 4.84. The molecule has 3 aromatic rings. The molecule has 0 radical (unpaired) electrons. The zero-order valence-electron chi connectivity index (χ0n) is 15.4. The van der Waals surface area contributed by atoms with Gasteiger partial charge in [0.15, 0.2) is 5.49 Å². The molecule has 3 rings (SSSR count). The highest BCUT2D eigenvalue weighted by Gasteiger charge is 2.33. The van der Waals surface area contributed by atoms with E-state index in [2.05, 4.69) is 0 Å². The Morgan fingerprint density at radius 2 is 1.90 bits per heavy atom. The summed E-state index contributed by atoms with van der Waals surface area (Å²) in [5.41, 5.74) is -2.71. The largest absolute Gasteiger partial charge is 0.416 e. The Bertz CT molecular complexity index is 1340. The van der Waals surface area contributed by atoms with Crippen LogP contribution in [0.1, 0.15) is 16.7 Å². The summed E-state index contributed by atoms with van der Waals surface area (Å²) in [5, 5.41) is 18.3. The lowest BCUT2D eigenvalue weighted by molar-refractivity contribution is -0.138. The van der Waals surface area contributed by atoms with Gasteiger partial charge in [0.2, 0.25) is 15.0 Å². The average Bonchev–Trinajstić information content (AvgIpc) is 3.15. The first-order valence-corrected chi connectivity index (χ1v) is 10.9. The van der Waals surface area contributed by atoms with Crippen LogP contribution in [0.5, 0.6) is 0 Å². The smallest absolute Gasteiger partial charge is 0.279 e. The van der Waals surface area contributed by atoms with Crippen molar-refractivity contribution in [2.24, 2.45) is 0 Å². The molecule has 2 aromatic heterocycles. The molecular weight excluding hydrogens is 441 g/mol. The van der Waals surface area contributed by atoms with Crippen LogP contribution in [0, 0.1) is 17.7 Å². The van der Waals surface area contributed by atoms with Gasteiger partial charge in [0, 0.05) is 12.4 Å². The van der Waals surface area contributed by atoms with Crippen molar-refractivity contribution in [3.63, 3.8) is 0 Å². The van der Waals surface area contributed by atoms with E-state index in [9.17, 15) is 26.4 Å². The van der Waals surface area contributed by atoms with E-state index in [1.807, 2.05) is 0 Å². The topological polar surface area (TPSA) is 109 Å². The Morgan fingerprint density at radius 1 is 1.20 bits per heavy atom. The van der Waals surface area contributed by atoms with Gasteiger partial charge in [0.25, 0.3) is 5.56 Å². The predicted octanol–water partition coefficient (Wildman–Crippen LogP) is 2.91. The van der Waals surface area contributed by atoms with Gasteiger partial charge in [-0.05, 0) is 47.0 Å². The van der Waals surface area contributed by atoms with E-state index in [-0.39, 0.29) is 11.3 Å². The minimum absolute atomic E-state index is 0.0943. The van der Waals surface area contributed by atoms with Gasteiger partial charge >= 0.3 is 6.18 Å². The molecule has 0 saturated carbocycles. The third-order valence-electron chi connectivity index (χ3n) is 4.35. The highest BCUT2D eigenvalue weighted by molar-refractivity contribution is 8.05. The molecule has 0 unspecified atom stereocenters. The van der Waals surface area contributed by atoms with Gasteiger partial charge in [0.1, 0.15) is 0 Å². The second-order valence-corrected chi connectivity index (χ2v) is 9.02. The highest BCUT2D eigenvalue weighted by atomic mass is 32.2. The van der Waals surface area contributed by atoms with Crippen LogP contribution in [0.4, 0.5) is 13.2 Å². The summed E-state index contributed by atoms with van der Waals surface area (Å²) in [4.78, 5) is 12.6. The maximum atomic E-state index is 13.2. The van der Waals surface area contributed by atoms with Crippen LogP contribution in [-0.4, -0.2) is 22.7 Å². The van der Waals surface area contributed by atoms with E-state index < -0.39 is 43.5 Å². The lowest BCUT2D eigenvalue weighted by atomic mass is 10.1. The fourth-order valence-electron chi connectivity index (χ4n) is 2.86. The van der Waals surface area contributed by atoms with Crippen LogP contribution in [0.2, 0.25) is 0 Å². The summed E-state index contributed by atoms with van der Waals surface area (Å²) in [6.07, 6.45) is -2.59. The number of sulfone groups is 1. The highest BCUT2D eigenvalue weighted by Crippen LogP contribution is 2.33. The van der Waals surface area contributed by atoms with Crippen molar-refractivity contribution < 1.29 is 21.6 Å². The summed E-state index contributed by atoms with van der Waals surface area (Å²) in [7, 11) is -4.15. The molecule has 2 heterocycles. The summed E-state index contributed by atoms with van der Waals surface area (Å²) in [5.74, 6) is -0.475. The van der Waals surface area contributed by atoms with Crippen molar-refractivity contribution in [1.29, 1.82) is 10.8 Å². The van der Waals surface area contributed by atoms with Crippen LogP contribution < -0.4 is 11.0 Å². The van der Waals surface area contributed by atoms with Gasteiger partial charge in [0.05, 0.1) is 17.0 Å². The van der Waals surface area contributed by atoms with E-state index in [0.717, 1.165) is 29.1 Å². The Morgan fingerprint density at radius 3 is 2.50 bits per heavy atom. The molecule has 2 N–H and O–H groups in total. The number of thiophene rings is 1. The Hall–Kier alpha value is -2.99. The van der Waals surface area contributed by atoms with Crippen molar-refractivity contribution in [1.82, 2.24) is 9.13 Å². The summed E-state index contributed by atoms with van der Waals surface area (Å²) >= 11 is 1.28. The van der Waals surface area contributed by atoms with Crippen molar-refractivity contribution >= 4 is 26.3 Å². The number of nitrogens with one attached hydrogen (secondary N) is 2. The predicted molar refractivity (Wildman–Crippen MR) is 106 cm³/mol. The van der Waals surface area contributed by atoms with E-state index in [0.29, 0.717) is 10.1 Å². The molecule has 0 bridgehead atoms. The van der Waals surface area contributed by atoms with Gasteiger partial charge in [-0.2, -0.15) is 24.5 Å². The molecule has 7 nitrogen and oxygen atoms in total. The molecular formula is C18H15F3N4O3S2. The van der Waals surface area contributed by atoms with Gasteiger partial charge in [-0.25, -0.2) is 8.42 Å². The third-order valence-corrected chi connectivity index (χ3v) is 6.58. The lowest BCUT2D eigenvalue weighted by Crippen LogP contribution is -2.44. The SMILES string of the molecule is Cc1c(-n2ccn(C(=N)S(=O)(=O)Cc3ccsc3)c(=N)c2=O)cccc1C(F)(F)F. The molecule has 0 saturated heterocycles. The van der Waals surface area contributed by atoms with Crippen molar-refractivity contribution in [3.8, 4) is 5.69 Å². The zero-order chi connectivity index (χ0) is 22.3. The number of hydrogen-bond acceptors (Lipinski definition) is 6. The van der Waals surface area contributed by atoms with Crippen molar-refractivity contribution in [3.05, 3.63) is 80.0 Å². The Balaban J connectivity index is 2.07. The molecule has 0 atom stereocenters. The maximum absolute atomic E-state index is 13.2. The number of aromatic nitrogens is 2. The first-order chi connectivity index (χ1) is 13.9. The zero-order valence-corrected chi connectivity index (χ0v) is 17.0. The maximum Gasteiger partial charge on any atom is 0.416 e. The van der Waals surface area contributed by atoms with E-state index in [1.54, 1.807) is 16.8 Å². The monoisotopic (exact) mass is 456 g/mol. The standard InChI is InChI=1S/C18H15F3N4O3S2/c1-11-13(18(19,20)21)3-2-4-14(11)24-6-7-25(15(22)16(24)26)17(23)30(27,28)10-12-5-8-29-9-12/h2-9,22-23H,10H2,1H3. The molecule has 0 aliphatic rings. The number of alkyl halides is 3. The quantitative estimate of drug-likeness (QED) is 0.467. The van der Waals surface area contributed by atoms with E-state index >= 15 is 0 Å². The first kappa shape index (κ1) is 21.7. The van der Waals surface area contributed by atoms with Gasteiger partial charge < -0.3 is 0 Å².